The Morgan fingerprint density at radius 2 is 1.53 bits per heavy atom. The number of pyridine rings is 1. The van der Waals surface area contributed by atoms with Crippen molar-refractivity contribution in [3.05, 3.63) is 120 Å². The first kappa shape index (κ1) is 21.1. The lowest BCUT2D eigenvalue weighted by molar-refractivity contribution is -0.120. The van der Waals surface area contributed by atoms with Crippen LogP contribution in [0.4, 0.5) is 5.69 Å². The molecule has 0 fully saturated rings. The highest BCUT2D eigenvalue weighted by Crippen LogP contribution is 2.22. The summed E-state index contributed by atoms with van der Waals surface area (Å²) in [4.78, 5) is 16.2. The summed E-state index contributed by atoms with van der Waals surface area (Å²) in [5.74, 6) is 1.62. The smallest absolute Gasteiger partial charge is 0.224 e. The number of anilines is 1. The Morgan fingerprint density at radius 3 is 2.31 bits per heavy atom. The monoisotopic (exact) mass is 423 g/mol. The van der Waals surface area contributed by atoms with Crippen molar-refractivity contribution in [2.24, 2.45) is 0 Å². The van der Waals surface area contributed by atoms with E-state index in [0.717, 1.165) is 33.9 Å². The number of carbonyl (C=O) groups is 1. The number of nitrogens with one attached hydrogen (secondary N) is 2. The lowest BCUT2D eigenvalue weighted by Gasteiger charge is -2.10. The van der Waals surface area contributed by atoms with Crippen LogP contribution in [0.5, 0.6) is 11.5 Å². The van der Waals surface area contributed by atoms with Gasteiger partial charge in [-0.05, 0) is 59.2 Å². The zero-order valence-electron chi connectivity index (χ0n) is 17.7. The van der Waals surface area contributed by atoms with Gasteiger partial charge in [0.25, 0.3) is 0 Å². The summed E-state index contributed by atoms with van der Waals surface area (Å²) in [7, 11) is 0. The Hall–Kier alpha value is -4.12. The third-order valence-electron chi connectivity index (χ3n) is 4.91. The van der Waals surface area contributed by atoms with E-state index in [1.54, 1.807) is 12.4 Å². The number of hydrogen-bond acceptors (Lipinski definition) is 4. The van der Waals surface area contributed by atoms with Gasteiger partial charge in [-0.15, -0.1) is 0 Å². The fourth-order valence-electron chi connectivity index (χ4n) is 3.24. The molecule has 0 aliphatic rings. The van der Waals surface area contributed by atoms with Crippen LogP contribution in [0.1, 0.15) is 16.7 Å². The van der Waals surface area contributed by atoms with Gasteiger partial charge in [0, 0.05) is 31.2 Å². The van der Waals surface area contributed by atoms with Crippen LogP contribution in [0.2, 0.25) is 0 Å². The molecule has 3 aromatic carbocycles. The van der Waals surface area contributed by atoms with Crippen molar-refractivity contribution < 1.29 is 9.53 Å². The maximum atomic E-state index is 12.2. The molecule has 4 rings (SSSR count). The average Bonchev–Trinajstić information content (AvgIpc) is 2.84. The molecule has 1 heterocycles. The SMILES string of the molecule is O=C(Cc1ccc(NCc2cccc(Oc3ccccc3)c2)cc1)NCc1cccnc1. The zero-order chi connectivity index (χ0) is 22.0. The van der Waals surface area contributed by atoms with Gasteiger partial charge in [0.1, 0.15) is 11.5 Å². The van der Waals surface area contributed by atoms with Gasteiger partial charge in [0.15, 0.2) is 0 Å². The van der Waals surface area contributed by atoms with Gasteiger partial charge >= 0.3 is 0 Å². The van der Waals surface area contributed by atoms with Crippen molar-refractivity contribution in [2.75, 3.05) is 5.32 Å². The highest BCUT2D eigenvalue weighted by atomic mass is 16.5. The van der Waals surface area contributed by atoms with Crippen LogP contribution in [0.15, 0.2) is 103 Å². The minimum absolute atomic E-state index is 0.00945. The normalized spacial score (nSPS) is 10.4. The van der Waals surface area contributed by atoms with Crippen molar-refractivity contribution in [2.45, 2.75) is 19.5 Å². The minimum Gasteiger partial charge on any atom is -0.457 e. The molecule has 32 heavy (non-hydrogen) atoms. The van der Waals surface area contributed by atoms with Crippen molar-refractivity contribution in [3.63, 3.8) is 0 Å². The lowest BCUT2D eigenvalue weighted by atomic mass is 10.1. The molecule has 0 saturated carbocycles. The predicted molar refractivity (Wildman–Crippen MR) is 127 cm³/mol. The number of ether oxygens (including phenoxy) is 1. The number of hydrogen-bond donors (Lipinski definition) is 2. The first-order valence-corrected chi connectivity index (χ1v) is 10.5. The molecule has 2 N–H and O–H groups in total. The van der Waals surface area contributed by atoms with Crippen LogP contribution < -0.4 is 15.4 Å². The van der Waals surface area contributed by atoms with E-state index in [2.05, 4.69) is 21.7 Å². The summed E-state index contributed by atoms with van der Waals surface area (Å²) in [5, 5.41) is 6.34. The number of nitrogens with zero attached hydrogens (tertiary/aromatic N) is 1. The summed E-state index contributed by atoms with van der Waals surface area (Å²) in [6, 6.07) is 29.5. The lowest BCUT2D eigenvalue weighted by Crippen LogP contribution is -2.24. The van der Waals surface area contributed by atoms with Crippen molar-refractivity contribution in [1.82, 2.24) is 10.3 Å². The summed E-state index contributed by atoms with van der Waals surface area (Å²) < 4.78 is 5.90. The van der Waals surface area contributed by atoms with Crippen molar-refractivity contribution in [3.8, 4) is 11.5 Å². The maximum Gasteiger partial charge on any atom is 0.224 e. The van der Waals surface area contributed by atoms with Gasteiger partial charge in [0.2, 0.25) is 5.91 Å². The van der Waals surface area contributed by atoms with E-state index in [0.29, 0.717) is 19.5 Å². The molecule has 160 valence electrons. The van der Waals surface area contributed by atoms with E-state index in [-0.39, 0.29) is 5.91 Å². The molecule has 5 heteroatoms. The first-order valence-electron chi connectivity index (χ1n) is 10.5. The molecule has 4 aromatic rings. The van der Waals surface area contributed by atoms with Crippen LogP contribution in [0.3, 0.4) is 0 Å². The Bertz CT molecular complexity index is 1130. The number of carbonyl (C=O) groups excluding carboxylic acids is 1. The Balaban J connectivity index is 1.26. The van der Waals surface area contributed by atoms with Gasteiger partial charge < -0.3 is 15.4 Å². The molecule has 5 nitrogen and oxygen atoms in total. The fourth-order valence-corrected chi connectivity index (χ4v) is 3.24. The third-order valence-corrected chi connectivity index (χ3v) is 4.91. The van der Waals surface area contributed by atoms with Crippen LogP contribution in [-0.2, 0) is 24.3 Å². The predicted octanol–water partition coefficient (Wildman–Crippen LogP) is 5.34. The molecular weight excluding hydrogens is 398 g/mol. The summed E-state index contributed by atoms with van der Waals surface area (Å²) in [5.41, 5.74) is 4.08. The number of para-hydroxylation sites is 1. The minimum atomic E-state index is -0.00945. The van der Waals surface area contributed by atoms with E-state index in [1.165, 1.54) is 0 Å². The van der Waals surface area contributed by atoms with Gasteiger partial charge in [0.05, 0.1) is 6.42 Å². The Labute approximate surface area is 188 Å². The zero-order valence-corrected chi connectivity index (χ0v) is 17.7. The van der Waals surface area contributed by atoms with Crippen molar-refractivity contribution in [1.29, 1.82) is 0 Å². The van der Waals surface area contributed by atoms with Crippen LogP contribution in [0.25, 0.3) is 0 Å². The fraction of sp³-hybridized carbons (Fsp3) is 0.111. The molecule has 1 aromatic heterocycles. The molecule has 1 amide bonds. The summed E-state index contributed by atoms with van der Waals surface area (Å²) in [6.07, 6.45) is 3.82. The van der Waals surface area contributed by atoms with Gasteiger partial charge in [-0.3, -0.25) is 9.78 Å². The first-order chi connectivity index (χ1) is 15.7. The van der Waals surface area contributed by atoms with E-state index in [9.17, 15) is 4.79 Å². The Kier molecular flexibility index (Phi) is 7.11. The van der Waals surface area contributed by atoms with Gasteiger partial charge in [-0.2, -0.15) is 0 Å². The molecule has 0 atom stereocenters. The maximum absolute atomic E-state index is 12.2. The number of benzene rings is 3. The second-order valence-corrected chi connectivity index (χ2v) is 7.43. The van der Waals surface area contributed by atoms with E-state index >= 15 is 0 Å². The standard InChI is InChI=1S/C27H25N3O2/c31-27(30-20-23-7-5-15-28-18-23)17-21-11-13-24(14-12-21)29-19-22-6-4-10-26(16-22)32-25-8-2-1-3-9-25/h1-16,18,29H,17,19-20H2,(H,30,31). The average molecular weight is 424 g/mol. The topological polar surface area (TPSA) is 63.2 Å². The van der Waals surface area contributed by atoms with E-state index in [4.69, 9.17) is 4.74 Å². The van der Waals surface area contributed by atoms with Gasteiger partial charge in [-0.25, -0.2) is 0 Å². The molecule has 0 unspecified atom stereocenters. The number of rotatable bonds is 9. The Morgan fingerprint density at radius 1 is 0.750 bits per heavy atom. The largest absolute Gasteiger partial charge is 0.457 e. The molecular formula is C27H25N3O2. The number of amides is 1. The van der Waals surface area contributed by atoms with Crippen LogP contribution >= 0.6 is 0 Å². The summed E-state index contributed by atoms with van der Waals surface area (Å²) >= 11 is 0. The van der Waals surface area contributed by atoms with Crippen LogP contribution in [0, 0.1) is 0 Å². The summed E-state index contributed by atoms with van der Waals surface area (Å²) in [6.45, 7) is 1.16. The number of aromatic nitrogens is 1. The second-order valence-electron chi connectivity index (χ2n) is 7.43. The third kappa shape index (κ3) is 6.44. The van der Waals surface area contributed by atoms with E-state index in [1.807, 2.05) is 84.9 Å². The highest BCUT2D eigenvalue weighted by molar-refractivity contribution is 5.78. The molecule has 0 spiro atoms. The van der Waals surface area contributed by atoms with E-state index < -0.39 is 0 Å². The second kappa shape index (κ2) is 10.8. The van der Waals surface area contributed by atoms with Crippen molar-refractivity contribution >= 4 is 11.6 Å². The van der Waals surface area contributed by atoms with Crippen LogP contribution in [-0.4, -0.2) is 10.9 Å². The molecule has 0 bridgehead atoms. The molecule has 0 saturated heterocycles. The molecule has 0 aliphatic carbocycles. The molecule has 0 radical (unpaired) electrons. The van der Waals surface area contributed by atoms with Gasteiger partial charge in [-0.1, -0.05) is 48.5 Å². The molecule has 0 aliphatic heterocycles. The highest BCUT2D eigenvalue weighted by Gasteiger charge is 2.04. The quantitative estimate of drug-likeness (QED) is 0.381.